The highest BCUT2D eigenvalue weighted by Crippen LogP contribution is 2.27. The fourth-order valence-electron chi connectivity index (χ4n) is 0.624. The first-order valence-electron chi connectivity index (χ1n) is 3.02. The topological polar surface area (TPSA) is 60.2 Å². The third kappa shape index (κ3) is 2.86. The molecule has 0 aliphatic heterocycles. The standard InChI is InChI=1S/C6H9NO3S2/c1-4(8)5(7(9)10)6(11-2)12-3/h1-3H3. The number of carbonyl (C=O) groups excluding carboxylic acids is 1. The molecule has 0 heterocycles. The maximum atomic E-state index is 10.8. The molecule has 0 bridgehead atoms. The smallest absolute Gasteiger partial charge is 0.287 e. The van der Waals surface area contributed by atoms with Gasteiger partial charge in [-0.25, -0.2) is 0 Å². The summed E-state index contributed by atoms with van der Waals surface area (Å²) in [5.41, 5.74) is -0.310. The molecular weight excluding hydrogens is 198 g/mol. The number of ketones is 1. The molecule has 0 saturated heterocycles. The molecule has 0 N–H and O–H groups in total. The van der Waals surface area contributed by atoms with Gasteiger partial charge in [0.05, 0.1) is 4.92 Å². The van der Waals surface area contributed by atoms with Crippen LogP contribution in [0.4, 0.5) is 0 Å². The average molecular weight is 207 g/mol. The van der Waals surface area contributed by atoms with Gasteiger partial charge in [0.1, 0.15) is 4.24 Å². The van der Waals surface area contributed by atoms with Crippen LogP contribution in [0.1, 0.15) is 6.92 Å². The number of thioether (sulfide) groups is 2. The average Bonchev–Trinajstić information content (AvgIpc) is 1.98. The van der Waals surface area contributed by atoms with Gasteiger partial charge in [-0.1, -0.05) is 0 Å². The summed E-state index contributed by atoms with van der Waals surface area (Å²) in [7, 11) is 0. The van der Waals surface area contributed by atoms with Crippen LogP contribution in [0.5, 0.6) is 0 Å². The van der Waals surface area contributed by atoms with Crippen LogP contribution in [0.25, 0.3) is 0 Å². The fraction of sp³-hybridized carbons (Fsp3) is 0.500. The van der Waals surface area contributed by atoms with Gasteiger partial charge in [0, 0.05) is 6.92 Å². The minimum absolute atomic E-state index is 0.310. The highest BCUT2D eigenvalue weighted by molar-refractivity contribution is 8.21. The zero-order valence-corrected chi connectivity index (χ0v) is 8.62. The van der Waals surface area contributed by atoms with Gasteiger partial charge < -0.3 is 0 Å². The quantitative estimate of drug-likeness (QED) is 0.399. The lowest BCUT2D eigenvalue weighted by atomic mass is 10.4. The number of hydrogen-bond acceptors (Lipinski definition) is 5. The van der Waals surface area contributed by atoms with Crippen LogP contribution in [0, 0.1) is 10.1 Å². The highest BCUT2D eigenvalue weighted by Gasteiger charge is 2.22. The Labute approximate surface area is 78.9 Å². The molecule has 0 saturated carbocycles. The van der Waals surface area contributed by atoms with Crippen molar-refractivity contribution in [1.29, 1.82) is 0 Å². The molecule has 0 fully saturated rings. The van der Waals surface area contributed by atoms with Crippen molar-refractivity contribution in [2.24, 2.45) is 0 Å². The van der Waals surface area contributed by atoms with Gasteiger partial charge in [-0.3, -0.25) is 14.9 Å². The van der Waals surface area contributed by atoms with E-state index in [1.54, 1.807) is 12.5 Å². The summed E-state index contributed by atoms with van der Waals surface area (Å²) in [5, 5.41) is 10.4. The molecule has 12 heavy (non-hydrogen) atoms. The number of nitrogens with zero attached hydrogens (tertiary/aromatic N) is 1. The Bertz CT molecular complexity index is 215. The van der Waals surface area contributed by atoms with Gasteiger partial charge in [-0.05, 0) is 12.5 Å². The second-order valence-corrected chi connectivity index (χ2v) is 3.75. The van der Waals surface area contributed by atoms with Gasteiger partial charge in [-0.2, -0.15) is 0 Å². The summed E-state index contributed by atoms with van der Waals surface area (Å²) in [6, 6.07) is 0. The van der Waals surface area contributed by atoms with Gasteiger partial charge in [0.15, 0.2) is 0 Å². The first kappa shape index (κ1) is 11.5. The first-order chi connectivity index (χ1) is 5.54. The molecule has 0 amide bonds. The zero-order chi connectivity index (χ0) is 9.72. The van der Waals surface area contributed by atoms with Crippen molar-refractivity contribution < 1.29 is 9.72 Å². The van der Waals surface area contributed by atoms with Crippen LogP contribution in [0.15, 0.2) is 9.93 Å². The molecule has 0 rings (SSSR count). The number of hydrogen-bond donors (Lipinski definition) is 0. The molecule has 0 atom stereocenters. The van der Waals surface area contributed by atoms with Gasteiger partial charge in [0.2, 0.25) is 5.78 Å². The van der Waals surface area contributed by atoms with Crippen LogP contribution in [0.3, 0.4) is 0 Å². The van der Waals surface area contributed by atoms with Crippen LogP contribution < -0.4 is 0 Å². The second kappa shape index (κ2) is 5.21. The Hall–Kier alpha value is -0.490. The van der Waals surface area contributed by atoms with Gasteiger partial charge in [0.25, 0.3) is 0 Å². The lowest BCUT2D eigenvalue weighted by molar-refractivity contribution is -0.418. The van der Waals surface area contributed by atoms with Crippen molar-refractivity contribution in [1.82, 2.24) is 0 Å². The third-order valence-corrected chi connectivity index (χ3v) is 3.21. The van der Waals surface area contributed by atoms with Crippen LogP contribution in [-0.4, -0.2) is 23.2 Å². The monoisotopic (exact) mass is 207 g/mol. The van der Waals surface area contributed by atoms with Gasteiger partial charge in [-0.15, -0.1) is 23.5 Å². The zero-order valence-electron chi connectivity index (χ0n) is 6.99. The van der Waals surface area contributed by atoms with Crippen molar-refractivity contribution >= 4 is 29.3 Å². The van der Waals surface area contributed by atoms with Crippen molar-refractivity contribution in [3.05, 3.63) is 20.0 Å². The van der Waals surface area contributed by atoms with E-state index in [2.05, 4.69) is 0 Å². The maximum Gasteiger partial charge on any atom is 0.331 e. The number of rotatable bonds is 4. The molecule has 68 valence electrons. The van der Waals surface area contributed by atoms with E-state index in [4.69, 9.17) is 0 Å². The van der Waals surface area contributed by atoms with Crippen molar-refractivity contribution in [2.75, 3.05) is 12.5 Å². The number of allylic oxidation sites excluding steroid dienone is 1. The van der Waals surface area contributed by atoms with E-state index in [0.29, 0.717) is 4.24 Å². The summed E-state index contributed by atoms with van der Waals surface area (Å²) in [5.74, 6) is -0.501. The third-order valence-electron chi connectivity index (χ3n) is 1.08. The molecule has 0 radical (unpaired) electrons. The first-order valence-corrected chi connectivity index (χ1v) is 5.47. The Morgan fingerprint density at radius 1 is 1.33 bits per heavy atom. The van der Waals surface area contributed by atoms with E-state index >= 15 is 0 Å². The molecule has 0 aliphatic rings. The van der Waals surface area contributed by atoms with Crippen molar-refractivity contribution in [2.45, 2.75) is 6.92 Å². The van der Waals surface area contributed by atoms with E-state index in [9.17, 15) is 14.9 Å². The predicted molar refractivity (Wildman–Crippen MR) is 51.7 cm³/mol. The van der Waals surface area contributed by atoms with Crippen LogP contribution in [0.2, 0.25) is 0 Å². The minimum atomic E-state index is -0.634. The lowest BCUT2D eigenvalue weighted by Gasteiger charge is -1.99. The van der Waals surface area contributed by atoms with E-state index in [1.165, 1.54) is 30.4 Å². The molecule has 0 unspecified atom stereocenters. The molecule has 0 aromatic heterocycles. The summed E-state index contributed by atoms with van der Waals surface area (Å²) in [4.78, 5) is 20.6. The Morgan fingerprint density at radius 2 is 1.75 bits per heavy atom. The van der Waals surface area contributed by atoms with E-state index in [-0.39, 0.29) is 5.70 Å². The number of nitro groups is 1. The largest absolute Gasteiger partial charge is 0.331 e. The van der Waals surface area contributed by atoms with Crippen molar-refractivity contribution in [3.63, 3.8) is 0 Å². The van der Waals surface area contributed by atoms with Crippen LogP contribution in [-0.2, 0) is 4.79 Å². The van der Waals surface area contributed by atoms with Crippen molar-refractivity contribution in [3.8, 4) is 0 Å². The molecule has 0 aromatic rings. The summed E-state index contributed by atoms with van der Waals surface area (Å²) >= 11 is 2.43. The Morgan fingerprint density at radius 3 is 1.83 bits per heavy atom. The molecular formula is C6H9NO3S2. The number of carbonyl (C=O) groups is 1. The maximum absolute atomic E-state index is 10.8. The minimum Gasteiger partial charge on any atom is -0.287 e. The molecule has 0 aromatic carbocycles. The van der Waals surface area contributed by atoms with Gasteiger partial charge >= 0.3 is 5.70 Å². The normalized spacial score (nSPS) is 9.25. The van der Waals surface area contributed by atoms with E-state index in [1.807, 2.05) is 0 Å². The Balaban J connectivity index is 5.03. The predicted octanol–water partition coefficient (Wildman–Crippen LogP) is 1.75. The molecule has 6 heteroatoms. The highest BCUT2D eigenvalue weighted by atomic mass is 32.2. The SMILES string of the molecule is CSC(SC)=C(C(C)=O)[N+](=O)[O-]. The summed E-state index contributed by atoms with van der Waals surface area (Å²) < 4.78 is 0.451. The summed E-state index contributed by atoms with van der Waals surface area (Å²) in [6.07, 6.45) is 3.41. The molecule has 4 nitrogen and oxygen atoms in total. The number of Topliss-reactive ketones (excluding diaryl/α,β-unsaturated/α-hetero) is 1. The Kier molecular flexibility index (Phi) is 5.00. The molecule has 0 spiro atoms. The fourth-order valence-corrected chi connectivity index (χ4v) is 2.11. The van der Waals surface area contributed by atoms with Crippen LogP contribution >= 0.6 is 23.5 Å². The summed E-state index contributed by atoms with van der Waals surface area (Å²) in [6.45, 7) is 1.20. The second-order valence-electron chi connectivity index (χ2n) is 1.86. The van der Waals surface area contributed by atoms with E-state index in [0.717, 1.165) is 0 Å². The van der Waals surface area contributed by atoms with E-state index < -0.39 is 10.7 Å². The molecule has 0 aliphatic carbocycles. The lowest BCUT2D eigenvalue weighted by Crippen LogP contribution is -2.09.